The molecule has 0 fully saturated rings. The monoisotopic (exact) mass is 230 g/mol. The first-order valence-electron chi connectivity index (χ1n) is 5.78. The number of hydrogen-bond acceptors (Lipinski definition) is 3. The fourth-order valence-electron chi connectivity index (χ4n) is 1.77. The van der Waals surface area contributed by atoms with E-state index in [1.807, 2.05) is 19.1 Å². The lowest BCUT2D eigenvalue weighted by molar-refractivity contribution is 0.781. The molecule has 0 saturated carbocycles. The number of nitrogen functional groups attached to an aromatic ring is 1. The smallest absolute Gasteiger partial charge is 0.181 e. The summed E-state index contributed by atoms with van der Waals surface area (Å²) in [4.78, 5) is 4.50. The summed E-state index contributed by atoms with van der Waals surface area (Å²) in [5.74, 6) is 1.97. The number of benzene rings is 1. The van der Waals surface area contributed by atoms with Crippen LogP contribution in [0.1, 0.15) is 36.7 Å². The Balaban J connectivity index is 2.52. The van der Waals surface area contributed by atoms with Crippen molar-refractivity contribution in [2.24, 2.45) is 0 Å². The van der Waals surface area contributed by atoms with Gasteiger partial charge in [0, 0.05) is 17.2 Å². The van der Waals surface area contributed by atoms with Crippen molar-refractivity contribution in [2.75, 3.05) is 5.73 Å². The fraction of sp³-hybridized carbons (Fsp3) is 0.385. The van der Waals surface area contributed by atoms with Crippen molar-refractivity contribution in [3.8, 4) is 11.4 Å². The lowest BCUT2D eigenvalue weighted by Gasteiger charge is -2.07. The molecule has 0 bridgehead atoms. The molecule has 0 aliphatic carbocycles. The Morgan fingerprint density at radius 1 is 1.24 bits per heavy atom. The van der Waals surface area contributed by atoms with Crippen molar-refractivity contribution in [2.45, 2.75) is 33.6 Å². The average molecular weight is 230 g/mol. The largest absolute Gasteiger partial charge is 0.399 e. The second-order valence-corrected chi connectivity index (χ2v) is 4.71. The third-order valence-electron chi connectivity index (χ3n) is 2.98. The van der Waals surface area contributed by atoms with E-state index in [-0.39, 0.29) is 0 Å². The van der Waals surface area contributed by atoms with Crippen LogP contribution in [0.4, 0.5) is 5.69 Å². The topological polar surface area (TPSA) is 67.6 Å². The summed E-state index contributed by atoms with van der Waals surface area (Å²) in [7, 11) is 0. The lowest BCUT2D eigenvalue weighted by atomic mass is 10.0. The Kier molecular flexibility index (Phi) is 2.88. The number of nitrogens with two attached hydrogens (primary N) is 1. The van der Waals surface area contributed by atoms with Gasteiger partial charge < -0.3 is 5.73 Å². The molecule has 2 aromatic rings. The average Bonchev–Trinajstić information content (AvgIpc) is 2.72. The summed E-state index contributed by atoms with van der Waals surface area (Å²) < 4.78 is 0. The van der Waals surface area contributed by atoms with Crippen LogP contribution in [0.3, 0.4) is 0 Å². The highest BCUT2D eigenvalue weighted by Gasteiger charge is 2.12. The van der Waals surface area contributed by atoms with Crippen LogP contribution in [0.2, 0.25) is 0 Å². The van der Waals surface area contributed by atoms with Gasteiger partial charge in [-0.15, -0.1) is 0 Å². The molecule has 4 nitrogen and oxygen atoms in total. The van der Waals surface area contributed by atoms with Gasteiger partial charge in [-0.3, -0.25) is 5.10 Å². The molecule has 0 aliphatic heterocycles. The van der Waals surface area contributed by atoms with Gasteiger partial charge in [-0.25, -0.2) is 4.98 Å². The van der Waals surface area contributed by atoms with Gasteiger partial charge >= 0.3 is 0 Å². The first kappa shape index (κ1) is 11.6. The third-order valence-corrected chi connectivity index (χ3v) is 2.98. The minimum Gasteiger partial charge on any atom is -0.399 e. The predicted octanol–water partition coefficient (Wildman–Crippen LogP) is 2.79. The quantitative estimate of drug-likeness (QED) is 0.779. The zero-order valence-electron chi connectivity index (χ0n) is 10.7. The summed E-state index contributed by atoms with van der Waals surface area (Å²) in [6, 6.07) is 3.89. The zero-order valence-corrected chi connectivity index (χ0v) is 10.7. The number of nitrogens with zero attached hydrogens (tertiary/aromatic N) is 2. The normalized spacial score (nSPS) is 11.1. The van der Waals surface area contributed by atoms with Gasteiger partial charge in [-0.1, -0.05) is 13.8 Å². The van der Waals surface area contributed by atoms with E-state index in [0.29, 0.717) is 5.92 Å². The van der Waals surface area contributed by atoms with E-state index in [4.69, 9.17) is 5.73 Å². The summed E-state index contributed by atoms with van der Waals surface area (Å²) in [5.41, 5.74) is 9.96. The molecular weight excluding hydrogens is 212 g/mol. The van der Waals surface area contributed by atoms with Gasteiger partial charge in [-0.2, -0.15) is 5.10 Å². The van der Waals surface area contributed by atoms with Crippen molar-refractivity contribution in [1.29, 1.82) is 0 Å². The molecule has 1 heterocycles. The van der Waals surface area contributed by atoms with Crippen molar-refractivity contribution in [3.05, 3.63) is 29.1 Å². The van der Waals surface area contributed by atoms with Crippen LogP contribution < -0.4 is 5.73 Å². The van der Waals surface area contributed by atoms with E-state index < -0.39 is 0 Å². The number of anilines is 1. The molecule has 4 heteroatoms. The van der Waals surface area contributed by atoms with Crippen molar-refractivity contribution in [3.63, 3.8) is 0 Å². The number of aryl methyl sites for hydroxylation is 1. The van der Waals surface area contributed by atoms with Crippen LogP contribution in [0.25, 0.3) is 11.4 Å². The maximum absolute atomic E-state index is 5.87. The van der Waals surface area contributed by atoms with Crippen LogP contribution in [0.15, 0.2) is 12.1 Å². The van der Waals surface area contributed by atoms with Gasteiger partial charge in [0.15, 0.2) is 5.82 Å². The molecule has 3 N–H and O–H groups in total. The van der Waals surface area contributed by atoms with Gasteiger partial charge in [0.25, 0.3) is 0 Å². The van der Waals surface area contributed by atoms with Gasteiger partial charge in [0.2, 0.25) is 0 Å². The first-order valence-corrected chi connectivity index (χ1v) is 5.78. The zero-order chi connectivity index (χ0) is 12.6. The highest BCUT2D eigenvalue weighted by atomic mass is 15.2. The molecule has 0 spiro atoms. The van der Waals surface area contributed by atoms with Gasteiger partial charge in [-0.05, 0) is 37.1 Å². The third kappa shape index (κ3) is 2.16. The molecule has 0 saturated heterocycles. The first-order chi connectivity index (χ1) is 7.99. The second-order valence-electron chi connectivity index (χ2n) is 4.71. The highest BCUT2D eigenvalue weighted by molar-refractivity contribution is 5.67. The number of H-pyrrole nitrogens is 1. The summed E-state index contributed by atoms with van der Waals surface area (Å²) in [6.45, 7) is 8.28. The van der Waals surface area contributed by atoms with Crippen molar-refractivity contribution < 1.29 is 0 Å². The number of rotatable bonds is 2. The molecule has 17 heavy (non-hydrogen) atoms. The van der Waals surface area contributed by atoms with Gasteiger partial charge in [0.05, 0.1) is 0 Å². The minimum atomic E-state index is 0.346. The van der Waals surface area contributed by atoms with E-state index in [0.717, 1.165) is 28.5 Å². The van der Waals surface area contributed by atoms with E-state index in [2.05, 4.69) is 36.0 Å². The molecular formula is C13H18N4. The Labute approximate surface area is 101 Å². The van der Waals surface area contributed by atoms with E-state index >= 15 is 0 Å². The van der Waals surface area contributed by atoms with Crippen LogP contribution in [0, 0.1) is 13.8 Å². The van der Waals surface area contributed by atoms with Crippen molar-refractivity contribution >= 4 is 5.69 Å². The molecule has 1 aromatic heterocycles. The molecule has 0 amide bonds. The standard InChI is InChI=1S/C13H18N4/c1-7(2)12-15-13(17-16-12)11-6-10(14)5-8(3)9(11)4/h5-7H,14H2,1-4H3,(H,15,16,17). The van der Waals surface area contributed by atoms with E-state index in [9.17, 15) is 0 Å². The number of aromatic nitrogens is 3. The molecule has 2 rings (SSSR count). The predicted molar refractivity (Wildman–Crippen MR) is 69.8 cm³/mol. The molecule has 1 aromatic carbocycles. The second kappa shape index (κ2) is 4.20. The maximum atomic E-state index is 5.87. The van der Waals surface area contributed by atoms with Crippen LogP contribution in [-0.2, 0) is 0 Å². The fourth-order valence-corrected chi connectivity index (χ4v) is 1.77. The van der Waals surface area contributed by atoms with Crippen LogP contribution >= 0.6 is 0 Å². The summed E-state index contributed by atoms with van der Waals surface area (Å²) >= 11 is 0. The molecule has 0 radical (unpaired) electrons. The highest BCUT2D eigenvalue weighted by Crippen LogP contribution is 2.26. The van der Waals surface area contributed by atoms with Crippen LogP contribution in [0.5, 0.6) is 0 Å². The molecule has 0 aliphatic rings. The van der Waals surface area contributed by atoms with E-state index in [1.165, 1.54) is 5.56 Å². The number of aromatic amines is 1. The summed E-state index contributed by atoms with van der Waals surface area (Å²) in [5, 5.41) is 7.23. The number of hydrogen-bond donors (Lipinski definition) is 2. The van der Waals surface area contributed by atoms with Gasteiger partial charge in [0.1, 0.15) is 5.82 Å². The molecule has 0 unspecified atom stereocenters. The Bertz CT molecular complexity index is 540. The SMILES string of the molecule is Cc1cc(N)cc(-c2n[nH]c(C(C)C)n2)c1C. The Morgan fingerprint density at radius 3 is 2.53 bits per heavy atom. The maximum Gasteiger partial charge on any atom is 0.181 e. The Hall–Kier alpha value is -1.84. The van der Waals surface area contributed by atoms with E-state index in [1.54, 1.807) is 0 Å². The Morgan fingerprint density at radius 2 is 1.94 bits per heavy atom. The van der Waals surface area contributed by atoms with Crippen LogP contribution in [-0.4, -0.2) is 15.2 Å². The van der Waals surface area contributed by atoms with Crippen molar-refractivity contribution in [1.82, 2.24) is 15.2 Å². The number of nitrogens with one attached hydrogen (secondary N) is 1. The molecule has 90 valence electrons. The molecule has 0 atom stereocenters. The minimum absolute atomic E-state index is 0.346. The summed E-state index contributed by atoms with van der Waals surface area (Å²) in [6.07, 6.45) is 0. The lowest BCUT2D eigenvalue weighted by Crippen LogP contribution is -1.94.